The van der Waals surface area contributed by atoms with Crippen LogP contribution in [0.15, 0.2) is 47.1 Å². The first-order valence-corrected chi connectivity index (χ1v) is 10.1. The molecule has 3 heteroatoms. The van der Waals surface area contributed by atoms with Gasteiger partial charge in [0, 0.05) is 13.5 Å². The van der Waals surface area contributed by atoms with Gasteiger partial charge in [0.2, 0.25) is 0 Å². The van der Waals surface area contributed by atoms with E-state index in [0.717, 1.165) is 24.8 Å². The second-order valence-electron chi connectivity index (χ2n) is 7.96. The fourth-order valence-corrected chi connectivity index (χ4v) is 3.51. The molecule has 0 saturated carbocycles. The third-order valence-corrected chi connectivity index (χ3v) is 5.09. The van der Waals surface area contributed by atoms with Crippen LogP contribution in [0.5, 0.6) is 0 Å². The Morgan fingerprint density at radius 1 is 1.41 bits per heavy atom. The third kappa shape index (κ3) is 5.89. The minimum Gasteiger partial charge on any atom is -0.447 e. The molecule has 1 amide bonds. The van der Waals surface area contributed by atoms with Crippen LogP contribution < -0.4 is 0 Å². The Bertz CT molecular complexity index is 729. The van der Waals surface area contributed by atoms with Crippen LogP contribution in [0.25, 0.3) is 0 Å². The lowest BCUT2D eigenvalue weighted by molar-refractivity contribution is 0.0631. The van der Waals surface area contributed by atoms with E-state index in [1.165, 1.54) is 24.0 Å². The number of likely N-dealkylation sites (tertiary alicyclic amines) is 1. The summed E-state index contributed by atoms with van der Waals surface area (Å²) >= 11 is 0. The van der Waals surface area contributed by atoms with Gasteiger partial charge in [-0.15, -0.1) is 0 Å². The molecule has 0 bridgehead atoms. The van der Waals surface area contributed by atoms with Crippen LogP contribution in [0.1, 0.15) is 68.1 Å². The molecule has 1 aliphatic carbocycles. The second kappa shape index (κ2) is 9.65. The van der Waals surface area contributed by atoms with Gasteiger partial charge in [0.25, 0.3) is 0 Å². The van der Waals surface area contributed by atoms with Gasteiger partial charge in [0.05, 0.1) is 11.6 Å². The van der Waals surface area contributed by atoms with E-state index < -0.39 is 0 Å². The largest absolute Gasteiger partial charge is 0.447 e. The van der Waals surface area contributed by atoms with Crippen molar-refractivity contribution >= 4 is 6.09 Å². The van der Waals surface area contributed by atoms with Crippen LogP contribution in [0.2, 0.25) is 0 Å². The predicted octanol–water partition coefficient (Wildman–Crippen LogP) is 6.19. The van der Waals surface area contributed by atoms with Crippen LogP contribution in [0.4, 0.5) is 4.79 Å². The highest BCUT2D eigenvalue weighted by molar-refractivity contribution is 5.70. The van der Waals surface area contributed by atoms with Gasteiger partial charge in [-0.2, -0.15) is 0 Å². The SMILES string of the molecule is CCC/C1=C/C=C\C(C#C/C=C2\CCN(C(=O)OC(C)C)C2(C)C)=CCC1.[HH]. The van der Waals surface area contributed by atoms with Crippen LogP contribution in [-0.4, -0.2) is 29.2 Å². The van der Waals surface area contributed by atoms with Crippen molar-refractivity contribution in [1.82, 2.24) is 4.90 Å². The van der Waals surface area contributed by atoms with Gasteiger partial charge in [-0.1, -0.05) is 49.0 Å². The molecule has 1 heterocycles. The number of rotatable bonds is 3. The monoisotopic (exact) mass is 369 g/mol. The molecule has 1 aliphatic heterocycles. The Kier molecular flexibility index (Phi) is 7.54. The topological polar surface area (TPSA) is 29.5 Å². The maximum Gasteiger partial charge on any atom is 0.410 e. The molecule has 3 nitrogen and oxygen atoms in total. The highest BCUT2D eigenvalue weighted by Crippen LogP contribution is 2.34. The standard InChI is InChI=1S/C24H33NO2.H2/c1-6-10-20-11-7-13-21(14-8-12-20)15-9-16-22-17-18-25(24(22,4)5)23(26)27-19(2)3;/h7,11,13-14,16,19H,6,8,10,12,17-18H2,1-5H3;1H/b13-7-,20-11-,21-14?,22-16+;. The molecule has 0 aromatic rings. The summed E-state index contributed by atoms with van der Waals surface area (Å²) in [5.74, 6) is 6.47. The van der Waals surface area contributed by atoms with Crippen molar-refractivity contribution in [2.45, 2.75) is 78.4 Å². The lowest BCUT2D eigenvalue weighted by Gasteiger charge is -2.32. The molecule has 0 aromatic carbocycles. The average molecular weight is 370 g/mol. The molecule has 0 aromatic heterocycles. The van der Waals surface area contributed by atoms with Gasteiger partial charge >= 0.3 is 6.09 Å². The molecule has 0 atom stereocenters. The van der Waals surface area contributed by atoms with E-state index in [0.29, 0.717) is 6.54 Å². The molecule has 0 radical (unpaired) electrons. The molecule has 0 unspecified atom stereocenters. The first-order chi connectivity index (χ1) is 12.8. The van der Waals surface area contributed by atoms with Gasteiger partial charge < -0.3 is 4.74 Å². The summed E-state index contributed by atoms with van der Waals surface area (Å²) in [5.41, 5.74) is 3.39. The molecule has 1 fully saturated rings. The normalized spacial score (nSPS) is 23.6. The summed E-state index contributed by atoms with van der Waals surface area (Å²) in [6.07, 6.45) is 15.6. The Balaban J connectivity index is 0.00000392. The highest BCUT2D eigenvalue weighted by atomic mass is 16.6. The maximum atomic E-state index is 12.3. The lowest BCUT2D eigenvalue weighted by Crippen LogP contribution is -2.44. The van der Waals surface area contributed by atoms with Crippen molar-refractivity contribution in [2.24, 2.45) is 0 Å². The van der Waals surface area contributed by atoms with Crippen LogP contribution >= 0.6 is 0 Å². The van der Waals surface area contributed by atoms with Crippen molar-refractivity contribution in [1.29, 1.82) is 0 Å². The summed E-state index contributed by atoms with van der Waals surface area (Å²) in [6, 6.07) is 0. The van der Waals surface area contributed by atoms with E-state index in [-0.39, 0.29) is 19.2 Å². The molecule has 0 spiro atoms. The van der Waals surface area contributed by atoms with Crippen molar-refractivity contribution in [3.05, 3.63) is 47.1 Å². The van der Waals surface area contributed by atoms with Gasteiger partial charge in [0.1, 0.15) is 0 Å². The van der Waals surface area contributed by atoms with E-state index >= 15 is 0 Å². The van der Waals surface area contributed by atoms with Gasteiger partial charge in [0.15, 0.2) is 0 Å². The Hall–Kier alpha value is -2.21. The Morgan fingerprint density at radius 2 is 2.19 bits per heavy atom. The van der Waals surface area contributed by atoms with Gasteiger partial charge in [-0.25, -0.2) is 4.79 Å². The van der Waals surface area contributed by atoms with E-state index in [4.69, 9.17) is 4.74 Å². The fraction of sp³-hybridized carbons (Fsp3) is 0.542. The van der Waals surface area contributed by atoms with E-state index in [2.05, 4.69) is 56.9 Å². The summed E-state index contributed by atoms with van der Waals surface area (Å²) in [5, 5.41) is 0. The van der Waals surface area contributed by atoms with Gasteiger partial charge in [-0.3, -0.25) is 4.90 Å². The average Bonchev–Trinajstić information content (AvgIpc) is 2.85. The van der Waals surface area contributed by atoms with Gasteiger partial charge in [-0.05, 0) is 71.1 Å². The van der Waals surface area contributed by atoms with Crippen LogP contribution in [0.3, 0.4) is 0 Å². The quantitative estimate of drug-likeness (QED) is 0.555. The smallest absolute Gasteiger partial charge is 0.410 e. The first kappa shape index (κ1) is 21.1. The van der Waals surface area contributed by atoms with E-state index in [1.54, 1.807) is 4.90 Å². The number of hydrogen-bond donors (Lipinski definition) is 0. The van der Waals surface area contributed by atoms with Crippen molar-refractivity contribution < 1.29 is 11.0 Å². The Labute approximate surface area is 166 Å². The number of ether oxygens (including phenoxy) is 1. The molecular weight excluding hydrogens is 334 g/mol. The third-order valence-electron chi connectivity index (χ3n) is 5.09. The zero-order valence-corrected chi connectivity index (χ0v) is 17.5. The zero-order chi connectivity index (χ0) is 19.9. The maximum absolute atomic E-state index is 12.3. The summed E-state index contributed by atoms with van der Waals surface area (Å²) < 4.78 is 5.37. The molecule has 0 N–H and O–H groups in total. The first-order valence-electron chi connectivity index (χ1n) is 10.1. The van der Waals surface area contributed by atoms with E-state index in [9.17, 15) is 4.79 Å². The minimum absolute atomic E-state index is 0. The van der Waals surface area contributed by atoms with Crippen molar-refractivity contribution in [3.63, 3.8) is 0 Å². The summed E-state index contributed by atoms with van der Waals surface area (Å²) in [7, 11) is 0. The highest BCUT2D eigenvalue weighted by Gasteiger charge is 2.40. The van der Waals surface area contributed by atoms with Crippen molar-refractivity contribution in [2.75, 3.05) is 6.54 Å². The molecule has 2 rings (SSSR count). The number of carbonyl (C=O) groups is 1. The van der Waals surface area contributed by atoms with Crippen LogP contribution in [-0.2, 0) is 4.74 Å². The number of carbonyl (C=O) groups excluding carboxylic acids is 1. The molecule has 148 valence electrons. The lowest BCUT2D eigenvalue weighted by atomic mass is 9.95. The predicted molar refractivity (Wildman–Crippen MR) is 114 cm³/mol. The Morgan fingerprint density at radius 3 is 2.89 bits per heavy atom. The molecular formula is C24H35NO2. The van der Waals surface area contributed by atoms with Crippen molar-refractivity contribution in [3.8, 4) is 11.8 Å². The zero-order valence-electron chi connectivity index (χ0n) is 17.5. The second-order valence-corrected chi connectivity index (χ2v) is 7.96. The number of amides is 1. The summed E-state index contributed by atoms with van der Waals surface area (Å²) in [6.45, 7) is 10.8. The molecule has 27 heavy (non-hydrogen) atoms. The fourth-order valence-electron chi connectivity index (χ4n) is 3.51. The number of nitrogens with zero attached hydrogens (tertiary/aromatic N) is 1. The summed E-state index contributed by atoms with van der Waals surface area (Å²) in [4.78, 5) is 14.1. The molecule has 1 saturated heterocycles. The van der Waals surface area contributed by atoms with E-state index in [1.807, 2.05) is 19.9 Å². The molecule has 2 aliphatic rings. The number of allylic oxidation sites excluding steroid dienone is 7. The minimum atomic E-state index is -0.358. The van der Waals surface area contributed by atoms with Crippen LogP contribution in [0, 0.1) is 11.8 Å². The number of hydrogen-bond acceptors (Lipinski definition) is 2.